The number of nitro groups is 1. The molecular weight excluding hydrogens is 256 g/mol. The van der Waals surface area contributed by atoms with E-state index in [0.29, 0.717) is 10.6 Å². The van der Waals surface area contributed by atoms with Gasteiger partial charge in [-0.15, -0.1) is 11.8 Å². The van der Waals surface area contributed by atoms with Crippen LogP contribution in [-0.2, 0) is 9.53 Å². The number of esters is 1. The molecule has 0 spiro atoms. The highest BCUT2D eigenvalue weighted by Crippen LogP contribution is 2.29. The molecule has 18 heavy (non-hydrogen) atoms. The average molecular weight is 266 g/mol. The summed E-state index contributed by atoms with van der Waals surface area (Å²) in [6.07, 6.45) is 0. The van der Waals surface area contributed by atoms with Gasteiger partial charge in [-0.1, -0.05) is 0 Å². The number of nitro benzene ring substituents is 1. The molecule has 0 aromatic heterocycles. The zero-order valence-corrected chi connectivity index (χ0v) is 10.4. The third-order valence-corrected chi connectivity index (χ3v) is 2.96. The molecule has 0 amide bonds. The van der Waals surface area contributed by atoms with Gasteiger partial charge in [0.25, 0.3) is 5.69 Å². The van der Waals surface area contributed by atoms with Crippen molar-refractivity contribution in [3.63, 3.8) is 0 Å². The summed E-state index contributed by atoms with van der Waals surface area (Å²) in [6.45, 7) is 1.49. The van der Waals surface area contributed by atoms with Crippen molar-refractivity contribution in [1.82, 2.24) is 0 Å². The van der Waals surface area contributed by atoms with Crippen LogP contribution in [0.25, 0.3) is 0 Å². The molecule has 0 aliphatic rings. The predicted octanol–water partition coefficient (Wildman–Crippen LogP) is 2.12. The van der Waals surface area contributed by atoms with Crippen molar-refractivity contribution in [3.05, 3.63) is 33.9 Å². The van der Waals surface area contributed by atoms with Crippen LogP contribution in [0.2, 0.25) is 0 Å². The predicted molar refractivity (Wildman–Crippen MR) is 65.2 cm³/mol. The minimum absolute atomic E-state index is 0.109. The number of benzene rings is 1. The number of ether oxygens (including phenoxy) is 1. The molecule has 1 rings (SSSR count). The summed E-state index contributed by atoms with van der Waals surface area (Å²) in [6, 6.07) is 6.12. The lowest BCUT2D eigenvalue weighted by molar-refractivity contribution is -0.387. The van der Waals surface area contributed by atoms with Crippen LogP contribution in [0.4, 0.5) is 5.69 Å². The zero-order valence-electron chi connectivity index (χ0n) is 9.58. The Labute approximate surface area is 108 Å². The largest absolute Gasteiger partial charge is 0.465 e. The number of hydrogen-bond acceptors (Lipinski definition) is 6. The van der Waals surface area contributed by atoms with Crippen molar-refractivity contribution in [3.8, 4) is 6.07 Å². The molecule has 0 saturated carbocycles. The van der Waals surface area contributed by atoms with Gasteiger partial charge in [0, 0.05) is 18.7 Å². The fourth-order valence-corrected chi connectivity index (χ4v) is 2.02. The van der Waals surface area contributed by atoms with Crippen LogP contribution >= 0.6 is 11.8 Å². The molecule has 0 bridgehead atoms. The maximum Gasteiger partial charge on any atom is 0.302 e. The van der Waals surface area contributed by atoms with Gasteiger partial charge in [0.2, 0.25) is 0 Å². The number of hydrogen-bond donors (Lipinski definition) is 0. The number of nitrogens with zero attached hydrogens (tertiary/aromatic N) is 2. The number of thioether (sulfide) groups is 1. The molecule has 0 aliphatic carbocycles. The van der Waals surface area contributed by atoms with Crippen molar-refractivity contribution >= 4 is 23.4 Å². The SMILES string of the molecule is CC(=O)OCCSc1ccc(C#N)cc1[N+](=O)[O-]. The first-order valence-corrected chi connectivity index (χ1v) is 5.98. The van der Waals surface area contributed by atoms with Gasteiger partial charge in [0.15, 0.2) is 0 Å². The first-order valence-electron chi connectivity index (χ1n) is 4.99. The van der Waals surface area contributed by atoms with Gasteiger partial charge in [-0.2, -0.15) is 5.26 Å². The molecule has 1 aromatic carbocycles. The topological polar surface area (TPSA) is 93.2 Å². The van der Waals surface area contributed by atoms with Gasteiger partial charge in [-0.05, 0) is 12.1 Å². The molecule has 6 nitrogen and oxygen atoms in total. The van der Waals surface area contributed by atoms with Gasteiger partial charge in [-0.25, -0.2) is 0 Å². The Hall–Kier alpha value is -2.07. The van der Waals surface area contributed by atoms with E-state index in [-0.39, 0.29) is 23.8 Å². The highest BCUT2D eigenvalue weighted by molar-refractivity contribution is 7.99. The second-order valence-corrected chi connectivity index (χ2v) is 4.38. The van der Waals surface area contributed by atoms with Gasteiger partial charge >= 0.3 is 5.97 Å². The van der Waals surface area contributed by atoms with Crippen molar-refractivity contribution in [2.75, 3.05) is 12.4 Å². The van der Waals surface area contributed by atoms with Crippen LogP contribution in [0.3, 0.4) is 0 Å². The van der Waals surface area contributed by atoms with E-state index in [1.54, 1.807) is 0 Å². The first kappa shape index (κ1) is 14.0. The zero-order chi connectivity index (χ0) is 13.5. The average Bonchev–Trinajstić information content (AvgIpc) is 2.34. The molecule has 7 heteroatoms. The van der Waals surface area contributed by atoms with Crippen molar-refractivity contribution in [2.45, 2.75) is 11.8 Å². The maximum absolute atomic E-state index is 10.8. The smallest absolute Gasteiger partial charge is 0.302 e. The van der Waals surface area contributed by atoms with E-state index in [2.05, 4.69) is 0 Å². The van der Waals surface area contributed by atoms with Gasteiger partial charge in [0.1, 0.15) is 6.61 Å². The molecule has 1 aromatic rings. The number of carbonyl (C=O) groups excluding carboxylic acids is 1. The normalized spacial score (nSPS) is 9.56. The summed E-state index contributed by atoms with van der Waals surface area (Å²) in [5.74, 6) is 0.0386. The minimum atomic E-state index is -0.533. The summed E-state index contributed by atoms with van der Waals surface area (Å²) in [5.41, 5.74) is 0.132. The monoisotopic (exact) mass is 266 g/mol. The lowest BCUT2D eigenvalue weighted by Gasteiger charge is -2.03. The van der Waals surface area contributed by atoms with Crippen LogP contribution in [0.15, 0.2) is 23.1 Å². The molecule has 0 radical (unpaired) electrons. The lowest BCUT2D eigenvalue weighted by atomic mass is 10.2. The van der Waals surface area contributed by atoms with Crippen LogP contribution in [0.1, 0.15) is 12.5 Å². The van der Waals surface area contributed by atoms with E-state index >= 15 is 0 Å². The Kier molecular flexibility index (Phi) is 5.14. The summed E-state index contributed by atoms with van der Waals surface area (Å²) < 4.78 is 4.73. The van der Waals surface area contributed by atoms with E-state index in [9.17, 15) is 14.9 Å². The van der Waals surface area contributed by atoms with Crippen LogP contribution in [0.5, 0.6) is 0 Å². The highest BCUT2D eigenvalue weighted by atomic mass is 32.2. The summed E-state index contributed by atoms with van der Waals surface area (Å²) in [7, 11) is 0. The highest BCUT2D eigenvalue weighted by Gasteiger charge is 2.14. The molecule has 94 valence electrons. The first-order chi connectivity index (χ1) is 8.54. The van der Waals surface area contributed by atoms with E-state index in [4.69, 9.17) is 10.00 Å². The second kappa shape index (κ2) is 6.61. The third-order valence-electron chi connectivity index (χ3n) is 1.93. The van der Waals surface area contributed by atoms with Crippen LogP contribution < -0.4 is 0 Å². The Bertz CT molecular complexity index is 510. The quantitative estimate of drug-likeness (QED) is 0.266. The summed E-state index contributed by atoms with van der Waals surface area (Å²) in [4.78, 5) is 21.3. The molecule has 0 atom stereocenters. The van der Waals surface area contributed by atoms with E-state index < -0.39 is 4.92 Å². The maximum atomic E-state index is 10.8. The fourth-order valence-electron chi connectivity index (χ4n) is 1.19. The van der Waals surface area contributed by atoms with Crippen molar-refractivity contribution < 1.29 is 14.5 Å². The molecule has 0 unspecified atom stereocenters. The van der Waals surface area contributed by atoms with Crippen molar-refractivity contribution in [1.29, 1.82) is 5.26 Å². The summed E-state index contributed by atoms with van der Waals surface area (Å²) in [5, 5.41) is 19.5. The van der Waals surface area contributed by atoms with E-state index in [0.717, 1.165) is 0 Å². The second-order valence-electron chi connectivity index (χ2n) is 3.24. The van der Waals surface area contributed by atoms with Gasteiger partial charge in [0.05, 0.1) is 21.5 Å². The van der Waals surface area contributed by atoms with E-state index in [1.165, 1.54) is 36.9 Å². The fraction of sp³-hybridized carbons (Fsp3) is 0.273. The van der Waals surface area contributed by atoms with E-state index in [1.807, 2.05) is 6.07 Å². The molecular formula is C11H10N2O4S. The summed E-state index contributed by atoms with van der Waals surface area (Å²) >= 11 is 1.21. The lowest BCUT2D eigenvalue weighted by Crippen LogP contribution is -2.02. The van der Waals surface area contributed by atoms with Gasteiger partial charge in [-0.3, -0.25) is 14.9 Å². The molecule has 0 N–H and O–H groups in total. The minimum Gasteiger partial charge on any atom is -0.465 e. The number of rotatable bonds is 5. The Balaban J connectivity index is 2.73. The molecule has 0 saturated heterocycles. The van der Waals surface area contributed by atoms with Crippen LogP contribution in [0, 0.1) is 21.4 Å². The van der Waals surface area contributed by atoms with Gasteiger partial charge < -0.3 is 4.74 Å². The number of nitriles is 1. The Morgan fingerprint density at radius 2 is 2.33 bits per heavy atom. The standard InChI is InChI=1S/C11H10N2O4S/c1-8(14)17-4-5-18-11-3-2-9(7-12)6-10(11)13(15)16/h2-3,6H,4-5H2,1H3. The number of carbonyl (C=O) groups is 1. The Morgan fingerprint density at radius 3 is 2.89 bits per heavy atom. The van der Waals surface area contributed by atoms with Crippen LogP contribution in [-0.4, -0.2) is 23.3 Å². The molecule has 0 heterocycles. The molecule has 0 fully saturated rings. The molecule has 0 aliphatic heterocycles. The Morgan fingerprint density at radius 1 is 1.61 bits per heavy atom. The van der Waals surface area contributed by atoms with Crippen molar-refractivity contribution in [2.24, 2.45) is 0 Å². The third kappa shape index (κ3) is 4.07.